The first-order valence-electron chi connectivity index (χ1n) is 17.4. The van der Waals surface area contributed by atoms with Gasteiger partial charge in [-0.2, -0.15) is 10.2 Å². The van der Waals surface area contributed by atoms with Crippen LogP contribution in [0, 0.1) is 11.8 Å². The Labute approximate surface area is 303 Å². The first kappa shape index (κ1) is 39.1. The number of ether oxygens (including phenoxy) is 4. The second-order valence-electron chi connectivity index (χ2n) is 14.1. The van der Waals surface area contributed by atoms with Crippen molar-refractivity contribution < 1.29 is 46.9 Å². The van der Waals surface area contributed by atoms with Crippen LogP contribution >= 0.6 is 7.75 Å². The number of rotatable bonds is 14. The zero-order chi connectivity index (χ0) is 37.8. The van der Waals surface area contributed by atoms with Crippen LogP contribution in [-0.2, 0) is 42.4 Å². The van der Waals surface area contributed by atoms with Gasteiger partial charge >= 0.3 is 25.7 Å². The zero-order valence-electron chi connectivity index (χ0n) is 30.6. The number of carbonyl (C=O) groups is 3. The predicted molar refractivity (Wildman–Crippen MR) is 189 cm³/mol. The molecule has 0 spiro atoms. The third kappa shape index (κ3) is 9.10. The van der Waals surface area contributed by atoms with E-state index in [0.717, 1.165) is 13.1 Å². The van der Waals surface area contributed by atoms with Crippen molar-refractivity contribution in [2.75, 3.05) is 32.5 Å². The molecule has 1 aromatic carbocycles. The molecule has 16 nitrogen and oxygen atoms in total. The van der Waals surface area contributed by atoms with Gasteiger partial charge in [0.2, 0.25) is 0 Å². The van der Waals surface area contributed by atoms with Gasteiger partial charge < -0.3 is 34.1 Å². The van der Waals surface area contributed by atoms with E-state index >= 15 is 0 Å². The molecule has 0 saturated carbocycles. The number of fused-ring (bicyclic) bond motifs is 1. The monoisotopic (exact) mass is 744 g/mol. The molecule has 2 aromatic heterocycles. The summed E-state index contributed by atoms with van der Waals surface area (Å²) >= 11 is 0. The van der Waals surface area contributed by atoms with Gasteiger partial charge in [0.15, 0.2) is 18.0 Å². The summed E-state index contributed by atoms with van der Waals surface area (Å²) in [6.07, 6.45) is -1.19. The summed E-state index contributed by atoms with van der Waals surface area (Å²) in [6.45, 7) is 10.8. The van der Waals surface area contributed by atoms with E-state index in [1.807, 2.05) is 7.05 Å². The van der Waals surface area contributed by atoms with Crippen molar-refractivity contribution in [1.29, 1.82) is 0 Å². The van der Waals surface area contributed by atoms with Crippen molar-refractivity contribution in [3.8, 4) is 5.75 Å². The summed E-state index contributed by atoms with van der Waals surface area (Å²) < 4.78 is 52.5. The molecule has 2 aliphatic rings. The molecule has 2 saturated heterocycles. The van der Waals surface area contributed by atoms with Gasteiger partial charge in [0.1, 0.15) is 41.4 Å². The molecular weight excluding hydrogens is 695 g/mol. The standard InChI is InChI=1S/C35H49N6O10P/c1-21(2)32(42)48-29-28(26-13-14-27-31(36)37-20-38-41(26)27)50-35(6,30(29)49-33(43)22(3)4)19-46-52(45,51-25-11-9-8-10-12-25)39-23(5)34(44)47-24-15-17-40(7)18-16-24/h8-14,20-24,28-30H,15-19H2,1-7H3,(H,39,45)(H2,36,37,38)/t23-,28-,29-,30-,35+,52?/m0/s1. The number of hydrogen-bond donors (Lipinski definition) is 2. The van der Waals surface area contributed by atoms with Crippen molar-refractivity contribution in [3.63, 3.8) is 0 Å². The Morgan fingerprint density at radius 3 is 2.29 bits per heavy atom. The second-order valence-corrected chi connectivity index (χ2v) is 15.8. The number of nitrogens with two attached hydrogens (primary N) is 1. The summed E-state index contributed by atoms with van der Waals surface area (Å²) in [5.41, 5.74) is 5.40. The molecule has 3 N–H and O–H groups in total. The Hall–Kier alpha value is -4.08. The van der Waals surface area contributed by atoms with Gasteiger partial charge in [0, 0.05) is 13.1 Å². The topological polar surface area (TPSA) is 195 Å². The number of likely N-dealkylation sites (tertiary alicyclic amines) is 1. The Bertz CT molecular complexity index is 1760. The lowest BCUT2D eigenvalue weighted by molar-refractivity contribution is -0.175. The third-order valence-corrected chi connectivity index (χ3v) is 10.6. The number of anilines is 1. The highest BCUT2D eigenvalue weighted by Gasteiger charge is 2.59. The fraction of sp³-hybridized carbons (Fsp3) is 0.571. The van der Waals surface area contributed by atoms with Crippen LogP contribution < -0.4 is 15.3 Å². The molecule has 0 bridgehead atoms. The number of esters is 3. The van der Waals surface area contributed by atoms with Gasteiger partial charge in [-0.1, -0.05) is 45.9 Å². The van der Waals surface area contributed by atoms with E-state index in [0.29, 0.717) is 24.1 Å². The Balaban J connectivity index is 1.47. The van der Waals surface area contributed by atoms with Crippen LogP contribution in [0.2, 0.25) is 0 Å². The molecule has 2 aliphatic heterocycles. The number of nitrogens with one attached hydrogen (secondary N) is 1. The molecule has 4 heterocycles. The molecule has 1 unspecified atom stereocenters. The molecule has 0 radical (unpaired) electrons. The average Bonchev–Trinajstić information content (AvgIpc) is 3.65. The highest BCUT2D eigenvalue weighted by Crippen LogP contribution is 2.50. The van der Waals surface area contributed by atoms with Crippen LogP contribution in [0.15, 0.2) is 48.8 Å². The smallest absolute Gasteiger partial charge is 0.459 e. The minimum atomic E-state index is -4.41. The van der Waals surface area contributed by atoms with E-state index in [-0.39, 0.29) is 17.7 Å². The summed E-state index contributed by atoms with van der Waals surface area (Å²) in [5, 5.41) is 7.05. The van der Waals surface area contributed by atoms with Gasteiger partial charge in [-0.05, 0) is 58.0 Å². The molecule has 0 amide bonds. The van der Waals surface area contributed by atoms with E-state index in [1.54, 1.807) is 77.1 Å². The largest absolute Gasteiger partial charge is 0.461 e. The molecule has 52 heavy (non-hydrogen) atoms. The SMILES string of the molecule is CC(C)C(=O)O[C@H]1[C@H](c2ccc3c(N)ncnn23)O[C@](C)(COP(=O)(N[C@@H](C)C(=O)OC2CCN(C)CC2)Oc2ccccc2)[C@H]1OC(=O)C(C)C. The van der Waals surface area contributed by atoms with Crippen molar-refractivity contribution in [1.82, 2.24) is 24.6 Å². The molecular formula is C35H49N6O10P. The van der Waals surface area contributed by atoms with E-state index < -0.39 is 74.1 Å². The number of piperidine rings is 1. The van der Waals surface area contributed by atoms with E-state index in [4.69, 9.17) is 33.7 Å². The number of para-hydroxylation sites is 1. The quantitative estimate of drug-likeness (QED) is 0.136. The Morgan fingerprint density at radius 1 is 0.981 bits per heavy atom. The first-order chi connectivity index (χ1) is 24.6. The van der Waals surface area contributed by atoms with Crippen LogP contribution in [-0.4, -0.2) is 94.1 Å². The second kappa shape index (κ2) is 16.3. The first-order valence-corrected chi connectivity index (χ1v) is 19.0. The van der Waals surface area contributed by atoms with Crippen molar-refractivity contribution in [2.45, 2.75) is 90.4 Å². The van der Waals surface area contributed by atoms with Crippen LogP contribution in [0.3, 0.4) is 0 Å². The number of carbonyl (C=O) groups excluding carboxylic acids is 3. The minimum absolute atomic E-state index is 0.202. The number of hydrogen-bond acceptors (Lipinski definition) is 14. The maximum atomic E-state index is 14.6. The molecule has 3 aromatic rings. The molecule has 0 aliphatic carbocycles. The van der Waals surface area contributed by atoms with Crippen molar-refractivity contribution in [3.05, 3.63) is 54.5 Å². The third-order valence-electron chi connectivity index (χ3n) is 8.98. The number of nitrogen functional groups attached to an aromatic ring is 1. The molecule has 2 fully saturated rings. The number of nitrogens with zero attached hydrogens (tertiary/aromatic N) is 4. The molecule has 17 heteroatoms. The fourth-order valence-corrected chi connectivity index (χ4v) is 7.48. The summed E-state index contributed by atoms with van der Waals surface area (Å²) in [5.74, 6) is -2.47. The van der Waals surface area contributed by atoms with Crippen LogP contribution in [0.25, 0.3) is 5.52 Å². The van der Waals surface area contributed by atoms with Gasteiger partial charge in [-0.25, -0.2) is 14.1 Å². The lowest BCUT2D eigenvalue weighted by atomic mass is 9.95. The Morgan fingerprint density at radius 2 is 1.63 bits per heavy atom. The average molecular weight is 745 g/mol. The van der Waals surface area contributed by atoms with E-state index in [9.17, 15) is 18.9 Å². The van der Waals surface area contributed by atoms with Crippen molar-refractivity contribution >= 4 is 37.0 Å². The van der Waals surface area contributed by atoms with Gasteiger partial charge in [0.25, 0.3) is 0 Å². The highest BCUT2D eigenvalue weighted by atomic mass is 31.2. The van der Waals surface area contributed by atoms with Gasteiger partial charge in [-0.3, -0.25) is 18.9 Å². The fourth-order valence-electron chi connectivity index (χ4n) is 5.89. The van der Waals surface area contributed by atoms with Crippen LogP contribution in [0.1, 0.15) is 66.2 Å². The maximum absolute atomic E-state index is 14.6. The summed E-state index contributed by atoms with van der Waals surface area (Å²) in [4.78, 5) is 45.8. The summed E-state index contributed by atoms with van der Waals surface area (Å²) in [7, 11) is -2.40. The number of benzene rings is 1. The van der Waals surface area contributed by atoms with Crippen molar-refractivity contribution in [2.24, 2.45) is 11.8 Å². The van der Waals surface area contributed by atoms with E-state index in [2.05, 4.69) is 20.1 Å². The highest BCUT2D eigenvalue weighted by molar-refractivity contribution is 7.52. The molecule has 6 atom stereocenters. The maximum Gasteiger partial charge on any atom is 0.459 e. The summed E-state index contributed by atoms with van der Waals surface area (Å²) in [6, 6.07) is 10.6. The zero-order valence-corrected chi connectivity index (χ0v) is 31.5. The normalized spacial score (nSPS) is 24.4. The lowest BCUT2D eigenvalue weighted by Crippen LogP contribution is -2.49. The van der Waals surface area contributed by atoms with E-state index in [1.165, 1.54) is 17.8 Å². The number of aromatic nitrogens is 3. The van der Waals surface area contributed by atoms with Gasteiger partial charge in [-0.15, -0.1) is 0 Å². The molecule has 284 valence electrons. The minimum Gasteiger partial charge on any atom is -0.461 e. The van der Waals surface area contributed by atoms with Crippen LogP contribution in [0.5, 0.6) is 5.75 Å². The Kier molecular flexibility index (Phi) is 12.3. The van der Waals surface area contributed by atoms with Gasteiger partial charge in [0.05, 0.1) is 24.1 Å². The lowest BCUT2D eigenvalue weighted by Gasteiger charge is -2.33. The predicted octanol–water partition coefficient (Wildman–Crippen LogP) is 4.10. The van der Waals surface area contributed by atoms with Crippen LogP contribution in [0.4, 0.5) is 5.82 Å². The molecule has 5 rings (SSSR count).